The summed E-state index contributed by atoms with van der Waals surface area (Å²) in [6.07, 6.45) is 0. The standard InChI is InChI=1S/C13H20N2OS/c1-3-15(9-12-5-4-6-17-12)13(16)10(2)11-7-14-8-11/h4-6,10-11,14H,3,7-9H2,1-2H3. The molecule has 1 amide bonds. The van der Waals surface area contributed by atoms with Gasteiger partial charge in [-0.2, -0.15) is 0 Å². The number of carbonyl (C=O) groups is 1. The van der Waals surface area contributed by atoms with Crippen LogP contribution >= 0.6 is 11.3 Å². The van der Waals surface area contributed by atoms with Gasteiger partial charge in [-0.05, 0) is 37.4 Å². The molecule has 0 aliphatic carbocycles. The Labute approximate surface area is 107 Å². The van der Waals surface area contributed by atoms with E-state index in [1.54, 1.807) is 11.3 Å². The van der Waals surface area contributed by atoms with Gasteiger partial charge in [-0.1, -0.05) is 13.0 Å². The van der Waals surface area contributed by atoms with E-state index in [4.69, 9.17) is 0 Å². The minimum atomic E-state index is 0.149. The second kappa shape index (κ2) is 5.65. The molecule has 1 N–H and O–H groups in total. The zero-order chi connectivity index (χ0) is 12.3. The van der Waals surface area contributed by atoms with Crippen LogP contribution in [0.2, 0.25) is 0 Å². The van der Waals surface area contributed by atoms with Gasteiger partial charge < -0.3 is 10.2 Å². The molecule has 1 unspecified atom stereocenters. The molecule has 0 bridgehead atoms. The monoisotopic (exact) mass is 252 g/mol. The van der Waals surface area contributed by atoms with E-state index in [1.165, 1.54) is 4.88 Å². The number of carbonyl (C=O) groups excluding carboxylic acids is 1. The molecule has 4 heteroatoms. The number of thiophene rings is 1. The Morgan fingerprint density at radius 2 is 2.41 bits per heavy atom. The van der Waals surface area contributed by atoms with E-state index in [0.717, 1.165) is 26.2 Å². The lowest BCUT2D eigenvalue weighted by Crippen LogP contribution is -2.50. The van der Waals surface area contributed by atoms with Gasteiger partial charge >= 0.3 is 0 Å². The number of hydrogen-bond acceptors (Lipinski definition) is 3. The van der Waals surface area contributed by atoms with Gasteiger partial charge in [-0.25, -0.2) is 0 Å². The Morgan fingerprint density at radius 1 is 1.65 bits per heavy atom. The Morgan fingerprint density at radius 3 is 2.88 bits per heavy atom. The molecule has 0 spiro atoms. The predicted molar refractivity (Wildman–Crippen MR) is 70.9 cm³/mol. The summed E-state index contributed by atoms with van der Waals surface area (Å²) < 4.78 is 0. The average Bonchev–Trinajstić information content (AvgIpc) is 2.75. The second-order valence-electron chi connectivity index (χ2n) is 4.64. The first-order chi connectivity index (χ1) is 8.22. The van der Waals surface area contributed by atoms with Gasteiger partial charge in [0.1, 0.15) is 0 Å². The number of hydrogen-bond donors (Lipinski definition) is 1. The van der Waals surface area contributed by atoms with Gasteiger partial charge in [0.15, 0.2) is 0 Å². The van der Waals surface area contributed by atoms with Crippen LogP contribution in [-0.2, 0) is 11.3 Å². The minimum absolute atomic E-state index is 0.149. The molecule has 1 aliphatic heterocycles. The van der Waals surface area contributed by atoms with Crippen molar-refractivity contribution in [3.8, 4) is 0 Å². The third kappa shape index (κ3) is 2.87. The maximum Gasteiger partial charge on any atom is 0.226 e. The lowest BCUT2D eigenvalue weighted by atomic mass is 9.88. The minimum Gasteiger partial charge on any atom is -0.338 e. The molecule has 0 radical (unpaired) electrons. The van der Waals surface area contributed by atoms with Gasteiger partial charge in [0, 0.05) is 17.3 Å². The molecule has 17 heavy (non-hydrogen) atoms. The summed E-state index contributed by atoms with van der Waals surface area (Å²) >= 11 is 1.72. The molecule has 1 aliphatic rings. The summed E-state index contributed by atoms with van der Waals surface area (Å²) in [6.45, 7) is 7.65. The van der Waals surface area contributed by atoms with E-state index in [9.17, 15) is 4.79 Å². The van der Waals surface area contributed by atoms with Crippen LogP contribution in [0.15, 0.2) is 17.5 Å². The summed E-state index contributed by atoms with van der Waals surface area (Å²) in [6, 6.07) is 4.13. The molecule has 1 fully saturated rings. The molecule has 94 valence electrons. The highest BCUT2D eigenvalue weighted by molar-refractivity contribution is 7.09. The highest BCUT2D eigenvalue weighted by Crippen LogP contribution is 2.20. The van der Waals surface area contributed by atoms with E-state index in [2.05, 4.69) is 30.6 Å². The first kappa shape index (κ1) is 12.6. The molecule has 2 heterocycles. The zero-order valence-electron chi connectivity index (χ0n) is 10.5. The van der Waals surface area contributed by atoms with Gasteiger partial charge in [0.2, 0.25) is 5.91 Å². The molecule has 1 atom stereocenters. The number of rotatable bonds is 5. The average molecular weight is 252 g/mol. The lowest BCUT2D eigenvalue weighted by molar-refractivity contribution is -0.137. The van der Waals surface area contributed by atoms with Gasteiger partial charge in [-0.15, -0.1) is 11.3 Å². The smallest absolute Gasteiger partial charge is 0.226 e. The SMILES string of the molecule is CCN(Cc1cccs1)C(=O)C(C)C1CNC1. The first-order valence-electron chi connectivity index (χ1n) is 6.24. The summed E-state index contributed by atoms with van der Waals surface area (Å²) in [7, 11) is 0. The van der Waals surface area contributed by atoms with Crippen molar-refractivity contribution in [2.75, 3.05) is 19.6 Å². The zero-order valence-corrected chi connectivity index (χ0v) is 11.3. The first-order valence-corrected chi connectivity index (χ1v) is 7.12. The molecule has 0 saturated carbocycles. The Balaban J connectivity index is 1.94. The second-order valence-corrected chi connectivity index (χ2v) is 5.67. The third-order valence-electron chi connectivity index (χ3n) is 3.53. The molecule has 1 aromatic rings. The Kier molecular flexibility index (Phi) is 4.18. The van der Waals surface area contributed by atoms with Crippen LogP contribution < -0.4 is 5.32 Å². The van der Waals surface area contributed by atoms with E-state index in [-0.39, 0.29) is 5.92 Å². The summed E-state index contributed by atoms with van der Waals surface area (Å²) in [5, 5.41) is 5.29. The Hall–Kier alpha value is -0.870. The van der Waals surface area contributed by atoms with Crippen molar-refractivity contribution < 1.29 is 4.79 Å². The van der Waals surface area contributed by atoms with Crippen molar-refractivity contribution >= 4 is 17.2 Å². The number of nitrogens with one attached hydrogen (secondary N) is 1. The van der Waals surface area contributed by atoms with Crippen LogP contribution in [0.4, 0.5) is 0 Å². The molecule has 3 nitrogen and oxygen atoms in total. The van der Waals surface area contributed by atoms with Gasteiger partial charge in [0.25, 0.3) is 0 Å². The number of nitrogens with zero attached hydrogens (tertiary/aromatic N) is 1. The molecular weight excluding hydrogens is 232 g/mol. The number of amides is 1. The fraction of sp³-hybridized carbons (Fsp3) is 0.615. The van der Waals surface area contributed by atoms with Crippen LogP contribution in [0.25, 0.3) is 0 Å². The molecular formula is C13H20N2OS. The van der Waals surface area contributed by atoms with Crippen molar-refractivity contribution in [1.82, 2.24) is 10.2 Å². The maximum atomic E-state index is 12.3. The highest BCUT2D eigenvalue weighted by Gasteiger charge is 2.31. The van der Waals surface area contributed by atoms with Crippen molar-refractivity contribution in [3.63, 3.8) is 0 Å². The summed E-state index contributed by atoms with van der Waals surface area (Å²) in [4.78, 5) is 15.6. The van der Waals surface area contributed by atoms with Crippen LogP contribution in [0.1, 0.15) is 18.7 Å². The van der Waals surface area contributed by atoms with Crippen molar-refractivity contribution in [2.24, 2.45) is 11.8 Å². The van der Waals surface area contributed by atoms with Gasteiger partial charge in [0.05, 0.1) is 6.54 Å². The quantitative estimate of drug-likeness (QED) is 0.869. The van der Waals surface area contributed by atoms with E-state index < -0.39 is 0 Å². The van der Waals surface area contributed by atoms with Crippen molar-refractivity contribution in [2.45, 2.75) is 20.4 Å². The maximum absolute atomic E-state index is 12.3. The topological polar surface area (TPSA) is 32.3 Å². The van der Waals surface area contributed by atoms with Crippen molar-refractivity contribution in [3.05, 3.63) is 22.4 Å². The summed E-state index contributed by atoms with van der Waals surface area (Å²) in [5.74, 6) is 0.975. The van der Waals surface area contributed by atoms with Crippen LogP contribution in [-0.4, -0.2) is 30.4 Å². The predicted octanol–water partition coefficient (Wildman–Crippen LogP) is 1.95. The third-order valence-corrected chi connectivity index (χ3v) is 4.39. The van der Waals surface area contributed by atoms with Gasteiger partial charge in [-0.3, -0.25) is 4.79 Å². The summed E-state index contributed by atoms with van der Waals surface area (Å²) in [5.41, 5.74) is 0. The Bertz CT molecular complexity index is 360. The fourth-order valence-electron chi connectivity index (χ4n) is 2.09. The van der Waals surface area contributed by atoms with E-state index in [1.807, 2.05) is 11.0 Å². The van der Waals surface area contributed by atoms with Crippen LogP contribution in [0, 0.1) is 11.8 Å². The normalized spacial score (nSPS) is 17.5. The fourth-order valence-corrected chi connectivity index (χ4v) is 2.81. The lowest BCUT2D eigenvalue weighted by Gasteiger charge is -2.34. The molecule has 0 aromatic carbocycles. The highest BCUT2D eigenvalue weighted by atomic mass is 32.1. The van der Waals surface area contributed by atoms with E-state index in [0.29, 0.717) is 11.8 Å². The van der Waals surface area contributed by atoms with E-state index >= 15 is 0 Å². The molecule has 2 rings (SSSR count). The molecule has 1 aromatic heterocycles. The molecule has 1 saturated heterocycles. The van der Waals surface area contributed by atoms with Crippen LogP contribution in [0.5, 0.6) is 0 Å². The van der Waals surface area contributed by atoms with Crippen molar-refractivity contribution in [1.29, 1.82) is 0 Å². The largest absolute Gasteiger partial charge is 0.338 e. The van der Waals surface area contributed by atoms with Crippen LogP contribution in [0.3, 0.4) is 0 Å².